The molecule has 27 heavy (non-hydrogen) atoms. The summed E-state index contributed by atoms with van der Waals surface area (Å²) < 4.78 is 10.6. The number of aromatic nitrogens is 2. The number of benzene rings is 1. The van der Waals surface area contributed by atoms with E-state index in [0.717, 1.165) is 5.56 Å². The number of nitrogens with one attached hydrogen (secondary N) is 1. The van der Waals surface area contributed by atoms with Crippen LogP contribution in [-0.4, -0.2) is 30.1 Å². The molecular weight excluding hydrogens is 342 g/mol. The van der Waals surface area contributed by atoms with Gasteiger partial charge in [0.15, 0.2) is 0 Å². The molecule has 0 saturated carbocycles. The van der Waals surface area contributed by atoms with Crippen molar-refractivity contribution in [1.82, 2.24) is 9.97 Å². The molecule has 6 heteroatoms. The first kappa shape index (κ1) is 19.9. The zero-order valence-corrected chi connectivity index (χ0v) is 15.9. The van der Waals surface area contributed by atoms with Gasteiger partial charge in [-0.25, -0.2) is 9.97 Å². The molecule has 0 spiro atoms. The standard InChI is InChI=1S/C19H17N3O3.C2H6/c1-24-13-9-10-14(17(12-13)25-2)15-6-5-7-16(21-15)19(23)22-18-8-3-4-11-20-18;1-2/h3-12H,1-2H3,(H,20,22,23);1-2H3. The molecule has 0 bridgehead atoms. The molecule has 3 rings (SSSR count). The van der Waals surface area contributed by atoms with Crippen molar-refractivity contribution in [2.75, 3.05) is 19.5 Å². The molecule has 6 nitrogen and oxygen atoms in total. The number of nitrogens with zero attached hydrogens (tertiary/aromatic N) is 2. The summed E-state index contributed by atoms with van der Waals surface area (Å²) in [5, 5.41) is 2.72. The number of hydrogen-bond donors (Lipinski definition) is 1. The van der Waals surface area contributed by atoms with Crippen molar-refractivity contribution in [3.8, 4) is 22.8 Å². The normalized spacial score (nSPS) is 9.63. The van der Waals surface area contributed by atoms with Crippen LogP contribution in [0.1, 0.15) is 24.3 Å². The van der Waals surface area contributed by atoms with Gasteiger partial charge in [-0.15, -0.1) is 0 Å². The van der Waals surface area contributed by atoms with Crippen LogP contribution in [0.4, 0.5) is 5.82 Å². The molecule has 2 aromatic heterocycles. The van der Waals surface area contributed by atoms with E-state index in [1.807, 2.05) is 32.0 Å². The van der Waals surface area contributed by atoms with Crippen LogP contribution in [0.5, 0.6) is 11.5 Å². The van der Waals surface area contributed by atoms with Gasteiger partial charge in [0.05, 0.1) is 19.9 Å². The molecular formula is C21H23N3O3. The fourth-order valence-corrected chi connectivity index (χ4v) is 2.34. The summed E-state index contributed by atoms with van der Waals surface area (Å²) in [6.07, 6.45) is 1.61. The molecule has 0 unspecified atom stereocenters. The number of anilines is 1. The SMILES string of the molecule is CC.COc1ccc(-c2cccc(C(=O)Nc3ccccn3)n2)c(OC)c1. The van der Waals surface area contributed by atoms with E-state index in [2.05, 4.69) is 15.3 Å². The summed E-state index contributed by atoms with van der Waals surface area (Å²) in [5.74, 6) is 1.45. The highest BCUT2D eigenvalue weighted by Gasteiger charge is 2.13. The lowest BCUT2D eigenvalue weighted by Crippen LogP contribution is -2.14. The number of ether oxygens (including phenoxy) is 2. The Balaban J connectivity index is 0.00000126. The first-order chi connectivity index (χ1) is 13.2. The highest BCUT2D eigenvalue weighted by Crippen LogP contribution is 2.32. The summed E-state index contributed by atoms with van der Waals surface area (Å²) in [6, 6.07) is 16.0. The Bertz CT molecular complexity index is 883. The molecule has 3 aromatic rings. The molecule has 1 amide bonds. The maximum absolute atomic E-state index is 12.4. The van der Waals surface area contributed by atoms with Gasteiger partial charge in [0.2, 0.25) is 0 Å². The quantitative estimate of drug-likeness (QED) is 0.724. The van der Waals surface area contributed by atoms with E-state index in [1.54, 1.807) is 56.8 Å². The molecule has 2 heterocycles. The van der Waals surface area contributed by atoms with Crippen LogP contribution < -0.4 is 14.8 Å². The molecule has 0 saturated heterocycles. The summed E-state index contributed by atoms with van der Waals surface area (Å²) in [5.41, 5.74) is 1.70. The third-order valence-corrected chi connectivity index (χ3v) is 3.57. The third kappa shape index (κ3) is 5.04. The second-order valence-corrected chi connectivity index (χ2v) is 5.14. The predicted molar refractivity (Wildman–Crippen MR) is 106 cm³/mol. The first-order valence-corrected chi connectivity index (χ1v) is 8.63. The Morgan fingerprint density at radius 3 is 2.44 bits per heavy atom. The van der Waals surface area contributed by atoms with Crippen LogP contribution in [0.25, 0.3) is 11.3 Å². The van der Waals surface area contributed by atoms with Gasteiger partial charge in [0.1, 0.15) is 23.0 Å². The monoisotopic (exact) mass is 365 g/mol. The number of methoxy groups -OCH3 is 2. The Hall–Kier alpha value is -3.41. The molecule has 0 aliphatic rings. The van der Waals surface area contributed by atoms with E-state index in [9.17, 15) is 4.79 Å². The second kappa shape index (κ2) is 9.91. The average molecular weight is 365 g/mol. The Labute approximate surface area is 159 Å². The lowest BCUT2D eigenvalue weighted by Gasteiger charge is -2.11. The number of pyridine rings is 2. The smallest absolute Gasteiger partial charge is 0.275 e. The minimum absolute atomic E-state index is 0.293. The summed E-state index contributed by atoms with van der Waals surface area (Å²) in [4.78, 5) is 20.9. The summed E-state index contributed by atoms with van der Waals surface area (Å²) >= 11 is 0. The lowest BCUT2D eigenvalue weighted by molar-refractivity contribution is 0.102. The number of carbonyl (C=O) groups is 1. The van der Waals surface area contributed by atoms with Gasteiger partial charge < -0.3 is 14.8 Å². The van der Waals surface area contributed by atoms with Gasteiger partial charge in [-0.2, -0.15) is 0 Å². The van der Waals surface area contributed by atoms with Crippen molar-refractivity contribution in [2.24, 2.45) is 0 Å². The van der Waals surface area contributed by atoms with Crippen molar-refractivity contribution in [3.05, 3.63) is 66.5 Å². The van der Waals surface area contributed by atoms with Gasteiger partial charge in [-0.1, -0.05) is 26.0 Å². The van der Waals surface area contributed by atoms with Crippen molar-refractivity contribution < 1.29 is 14.3 Å². The highest BCUT2D eigenvalue weighted by atomic mass is 16.5. The van der Waals surface area contributed by atoms with E-state index >= 15 is 0 Å². The third-order valence-electron chi connectivity index (χ3n) is 3.57. The van der Waals surface area contributed by atoms with Gasteiger partial charge in [-0.05, 0) is 36.4 Å². The molecule has 1 N–H and O–H groups in total. The van der Waals surface area contributed by atoms with Crippen molar-refractivity contribution in [2.45, 2.75) is 13.8 Å². The van der Waals surface area contributed by atoms with Crippen LogP contribution in [-0.2, 0) is 0 Å². The fraction of sp³-hybridized carbons (Fsp3) is 0.190. The van der Waals surface area contributed by atoms with Crippen molar-refractivity contribution >= 4 is 11.7 Å². The number of rotatable bonds is 5. The van der Waals surface area contributed by atoms with E-state index in [4.69, 9.17) is 9.47 Å². The van der Waals surface area contributed by atoms with E-state index in [1.165, 1.54) is 0 Å². The zero-order valence-electron chi connectivity index (χ0n) is 15.9. The average Bonchev–Trinajstić information content (AvgIpc) is 2.75. The van der Waals surface area contributed by atoms with Crippen molar-refractivity contribution in [3.63, 3.8) is 0 Å². The minimum Gasteiger partial charge on any atom is -0.497 e. The largest absolute Gasteiger partial charge is 0.497 e. The van der Waals surface area contributed by atoms with Gasteiger partial charge in [0, 0.05) is 17.8 Å². The van der Waals surface area contributed by atoms with E-state index in [0.29, 0.717) is 28.7 Å². The van der Waals surface area contributed by atoms with Gasteiger partial charge in [-0.3, -0.25) is 4.79 Å². The van der Waals surface area contributed by atoms with Crippen LogP contribution in [0.15, 0.2) is 60.8 Å². The summed E-state index contributed by atoms with van der Waals surface area (Å²) in [7, 11) is 3.17. The highest BCUT2D eigenvalue weighted by molar-refractivity contribution is 6.02. The summed E-state index contributed by atoms with van der Waals surface area (Å²) in [6.45, 7) is 4.00. The molecule has 0 aliphatic heterocycles. The first-order valence-electron chi connectivity index (χ1n) is 8.63. The van der Waals surface area contributed by atoms with E-state index < -0.39 is 0 Å². The zero-order chi connectivity index (χ0) is 19.6. The van der Waals surface area contributed by atoms with Crippen LogP contribution in [0, 0.1) is 0 Å². The predicted octanol–water partition coefficient (Wildman–Crippen LogP) is 4.44. The minimum atomic E-state index is -0.326. The second-order valence-electron chi connectivity index (χ2n) is 5.14. The van der Waals surface area contributed by atoms with E-state index in [-0.39, 0.29) is 5.91 Å². The van der Waals surface area contributed by atoms with Gasteiger partial charge in [0.25, 0.3) is 5.91 Å². The maximum Gasteiger partial charge on any atom is 0.275 e. The fourth-order valence-electron chi connectivity index (χ4n) is 2.34. The van der Waals surface area contributed by atoms with Crippen LogP contribution in [0.3, 0.4) is 0 Å². The molecule has 140 valence electrons. The topological polar surface area (TPSA) is 73.3 Å². The molecule has 1 aromatic carbocycles. The Morgan fingerprint density at radius 1 is 0.963 bits per heavy atom. The molecule has 0 atom stereocenters. The number of hydrogen-bond acceptors (Lipinski definition) is 5. The Morgan fingerprint density at radius 2 is 1.78 bits per heavy atom. The lowest BCUT2D eigenvalue weighted by atomic mass is 10.1. The molecule has 0 radical (unpaired) electrons. The Kier molecular flexibility index (Phi) is 7.31. The molecule has 0 aliphatic carbocycles. The van der Waals surface area contributed by atoms with Crippen LogP contribution >= 0.6 is 0 Å². The van der Waals surface area contributed by atoms with Crippen molar-refractivity contribution in [1.29, 1.82) is 0 Å². The molecule has 0 fully saturated rings. The van der Waals surface area contributed by atoms with Gasteiger partial charge >= 0.3 is 0 Å². The maximum atomic E-state index is 12.4. The number of amides is 1. The number of carbonyl (C=O) groups excluding carboxylic acids is 1. The van der Waals surface area contributed by atoms with Crippen LogP contribution in [0.2, 0.25) is 0 Å².